The Hall–Kier alpha value is -1.91. The van der Waals surface area contributed by atoms with Gasteiger partial charge in [-0.15, -0.1) is 24.0 Å². The molecular formula is C23H35IN4O3. The molecule has 1 aromatic carbocycles. The Kier molecular flexibility index (Phi) is 14.6. The second kappa shape index (κ2) is 16.7. The van der Waals surface area contributed by atoms with Crippen molar-refractivity contribution < 1.29 is 14.2 Å². The summed E-state index contributed by atoms with van der Waals surface area (Å²) in [6, 6.07) is 14.1. The van der Waals surface area contributed by atoms with Gasteiger partial charge >= 0.3 is 0 Å². The van der Waals surface area contributed by atoms with Gasteiger partial charge in [-0.05, 0) is 31.4 Å². The predicted octanol–water partition coefficient (Wildman–Crippen LogP) is 3.95. The van der Waals surface area contributed by atoms with Crippen molar-refractivity contribution in [3.8, 4) is 5.88 Å². The largest absolute Gasteiger partial charge is 0.475 e. The average molecular weight is 542 g/mol. The Labute approximate surface area is 203 Å². The van der Waals surface area contributed by atoms with Gasteiger partial charge in [0.05, 0.1) is 19.3 Å². The molecule has 2 N–H and O–H groups in total. The summed E-state index contributed by atoms with van der Waals surface area (Å²) in [5.74, 6) is 1.38. The number of halogens is 1. The van der Waals surface area contributed by atoms with E-state index >= 15 is 0 Å². The number of aromatic nitrogens is 1. The van der Waals surface area contributed by atoms with Gasteiger partial charge in [-0.2, -0.15) is 0 Å². The lowest BCUT2D eigenvalue weighted by Gasteiger charge is -2.14. The van der Waals surface area contributed by atoms with Gasteiger partial charge in [-0.3, -0.25) is 0 Å². The molecule has 8 heteroatoms. The maximum absolute atomic E-state index is 5.92. The fraction of sp³-hybridized carbons (Fsp3) is 0.478. The van der Waals surface area contributed by atoms with E-state index in [1.807, 2.05) is 30.3 Å². The number of guanidine groups is 1. The summed E-state index contributed by atoms with van der Waals surface area (Å²) in [7, 11) is 1.64. The van der Waals surface area contributed by atoms with Gasteiger partial charge in [0.25, 0.3) is 0 Å². The van der Waals surface area contributed by atoms with Crippen LogP contribution in [-0.2, 0) is 16.0 Å². The van der Waals surface area contributed by atoms with Gasteiger partial charge in [-0.25, -0.2) is 9.98 Å². The number of nitrogens with zero attached hydrogens (tertiary/aromatic N) is 2. The number of hydrogen-bond donors (Lipinski definition) is 2. The molecule has 0 radical (unpaired) electrons. The topological polar surface area (TPSA) is 77.0 Å². The first-order valence-corrected chi connectivity index (χ1v) is 10.5. The van der Waals surface area contributed by atoms with Crippen LogP contribution in [0.2, 0.25) is 0 Å². The summed E-state index contributed by atoms with van der Waals surface area (Å²) in [4.78, 5) is 8.92. The molecule has 0 saturated heterocycles. The zero-order valence-corrected chi connectivity index (χ0v) is 21.0. The highest BCUT2D eigenvalue weighted by molar-refractivity contribution is 14.0. The standard InChI is InChI=1S/C23H34N4O3.HI/c1-4-24-23(25-13-8-14-29-19(2)21-9-6-5-7-10-21)27-18-20-11-12-22(26-17-20)30-16-15-28-3;/h5-7,9-12,17,19H,4,8,13-16,18H2,1-3H3,(H2,24,25,27);1H. The first-order valence-electron chi connectivity index (χ1n) is 10.5. The van der Waals surface area contributed by atoms with Crippen LogP contribution >= 0.6 is 24.0 Å². The number of nitrogens with one attached hydrogen (secondary N) is 2. The van der Waals surface area contributed by atoms with Crippen LogP contribution in [0.5, 0.6) is 5.88 Å². The predicted molar refractivity (Wildman–Crippen MR) is 135 cm³/mol. The van der Waals surface area contributed by atoms with Crippen molar-refractivity contribution in [1.82, 2.24) is 15.6 Å². The van der Waals surface area contributed by atoms with E-state index in [1.54, 1.807) is 13.3 Å². The van der Waals surface area contributed by atoms with E-state index in [0.717, 1.165) is 31.0 Å². The first-order chi connectivity index (χ1) is 14.7. The normalized spacial score (nSPS) is 12.0. The third-order valence-electron chi connectivity index (χ3n) is 4.35. The summed E-state index contributed by atoms with van der Waals surface area (Å²) in [6.07, 6.45) is 2.78. The SMILES string of the molecule is CCNC(=NCc1ccc(OCCOC)nc1)NCCCOC(C)c1ccccc1.I. The molecule has 0 amide bonds. The smallest absolute Gasteiger partial charge is 0.213 e. The molecule has 0 saturated carbocycles. The van der Waals surface area contributed by atoms with Crippen molar-refractivity contribution >= 4 is 29.9 Å². The van der Waals surface area contributed by atoms with E-state index in [0.29, 0.717) is 32.2 Å². The third kappa shape index (κ3) is 11.3. The van der Waals surface area contributed by atoms with Crippen LogP contribution in [0.25, 0.3) is 0 Å². The van der Waals surface area contributed by atoms with Crippen LogP contribution in [-0.4, -0.2) is 51.0 Å². The molecule has 2 aromatic rings. The minimum Gasteiger partial charge on any atom is -0.475 e. The summed E-state index contributed by atoms with van der Waals surface area (Å²) < 4.78 is 16.4. The zero-order valence-electron chi connectivity index (χ0n) is 18.7. The highest BCUT2D eigenvalue weighted by Crippen LogP contribution is 2.15. The Morgan fingerprint density at radius 1 is 1.06 bits per heavy atom. The molecule has 1 heterocycles. The van der Waals surface area contributed by atoms with Crippen LogP contribution in [0, 0.1) is 0 Å². The average Bonchev–Trinajstić information content (AvgIpc) is 2.78. The van der Waals surface area contributed by atoms with E-state index < -0.39 is 0 Å². The fourth-order valence-electron chi connectivity index (χ4n) is 2.69. The van der Waals surface area contributed by atoms with Crippen molar-refractivity contribution in [2.45, 2.75) is 32.9 Å². The van der Waals surface area contributed by atoms with Crippen LogP contribution < -0.4 is 15.4 Å². The number of pyridine rings is 1. The van der Waals surface area contributed by atoms with E-state index in [1.165, 1.54) is 5.56 Å². The van der Waals surface area contributed by atoms with Crippen LogP contribution in [0.1, 0.15) is 37.5 Å². The molecule has 7 nitrogen and oxygen atoms in total. The first kappa shape index (κ1) is 27.1. The lowest BCUT2D eigenvalue weighted by atomic mass is 10.1. The van der Waals surface area contributed by atoms with Crippen LogP contribution in [0.3, 0.4) is 0 Å². The Bertz CT molecular complexity index is 729. The highest BCUT2D eigenvalue weighted by Gasteiger charge is 2.04. The second-order valence-corrected chi connectivity index (χ2v) is 6.75. The van der Waals surface area contributed by atoms with Gasteiger partial charge in [-0.1, -0.05) is 36.4 Å². The number of benzene rings is 1. The van der Waals surface area contributed by atoms with Crippen LogP contribution in [0.4, 0.5) is 0 Å². The van der Waals surface area contributed by atoms with E-state index in [9.17, 15) is 0 Å². The molecule has 0 spiro atoms. The maximum atomic E-state index is 5.92. The fourth-order valence-corrected chi connectivity index (χ4v) is 2.69. The lowest BCUT2D eigenvalue weighted by molar-refractivity contribution is 0.0646. The molecule has 0 bridgehead atoms. The van der Waals surface area contributed by atoms with Crippen molar-refractivity contribution in [3.05, 3.63) is 59.8 Å². The molecule has 1 atom stereocenters. The quantitative estimate of drug-likeness (QED) is 0.173. The molecule has 0 aliphatic rings. The molecule has 0 aliphatic heterocycles. The van der Waals surface area contributed by atoms with Gasteiger partial charge in [0.15, 0.2) is 5.96 Å². The Morgan fingerprint density at radius 3 is 2.55 bits per heavy atom. The van der Waals surface area contributed by atoms with Crippen molar-refractivity contribution in [3.63, 3.8) is 0 Å². The van der Waals surface area contributed by atoms with Gasteiger partial charge in [0.2, 0.25) is 5.88 Å². The summed E-state index contributed by atoms with van der Waals surface area (Å²) in [5, 5.41) is 6.61. The van der Waals surface area contributed by atoms with Gasteiger partial charge < -0.3 is 24.8 Å². The maximum Gasteiger partial charge on any atom is 0.213 e. The molecule has 172 valence electrons. The van der Waals surface area contributed by atoms with E-state index in [4.69, 9.17) is 14.2 Å². The monoisotopic (exact) mass is 542 g/mol. The molecule has 1 aromatic heterocycles. The highest BCUT2D eigenvalue weighted by atomic mass is 127. The van der Waals surface area contributed by atoms with Crippen molar-refractivity contribution in [1.29, 1.82) is 0 Å². The number of rotatable bonds is 13. The Morgan fingerprint density at radius 2 is 1.87 bits per heavy atom. The zero-order chi connectivity index (χ0) is 21.4. The van der Waals surface area contributed by atoms with Gasteiger partial charge in [0.1, 0.15) is 6.61 Å². The third-order valence-corrected chi connectivity index (χ3v) is 4.35. The minimum atomic E-state index is 0. The molecule has 1 unspecified atom stereocenters. The van der Waals surface area contributed by atoms with Gasteiger partial charge in [0, 0.05) is 39.1 Å². The lowest BCUT2D eigenvalue weighted by Crippen LogP contribution is -2.38. The molecule has 2 rings (SSSR count). The number of methoxy groups -OCH3 is 1. The molecule has 31 heavy (non-hydrogen) atoms. The van der Waals surface area contributed by atoms with E-state index in [-0.39, 0.29) is 30.1 Å². The number of aliphatic imine (C=N–C) groups is 1. The summed E-state index contributed by atoms with van der Waals surface area (Å²) in [6.45, 7) is 7.99. The minimum absolute atomic E-state index is 0. The molecule has 0 aliphatic carbocycles. The second-order valence-electron chi connectivity index (χ2n) is 6.75. The summed E-state index contributed by atoms with van der Waals surface area (Å²) in [5.41, 5.74) is 2.22. The molecular weight excluding hydrogens is 507 g/mol. The van der Waals surface area contributed by atoms with E-state index in [2.05, 4.69) is 46.6 Å². The van der Waals surface area contributed by atoms with Crippen LogP contribution in [0.15, 0.2) is 53.7 Å². The summed E-state index contributed by atoms with van der Waals surface area (Å²) >= 11 is 0. The Balaban J connectivity index is 0.00000480. The number of hydrogen-bond acceptors (Lipinski definition) is 5. The van der Waals surface area contributed by atoms with Crippen molar-refractivity contribution in [2.24, 2.45) is 4.99 Å². The molecule has 0 fully saturated rings. The number of ether oxygens (including phenoxy) is 3. The van der Waals surface area contributed by atoms with Crippen molar-refractivity contribution in [2.75, 3.05) is 40.0 Å².